The molecule has 14 heteroatoms. The zero-order valence-corrected chi connectivity index (χ0v) is 22.3. The Morgan fingerprint density at radius 3 is 2.85 bits per heavy atom. The van der Waals surface area contributed by atoms with Crippen molar-refractivity contribution in [3.8, 4) is 11.3 Å². The molecule has 4 aromatic rings. The van der Waals surface area contributed by atoms with Gasteiger partial charge in [-0.25, -0.2) is 18.7 Å². The lowest BCUT2D eigenvalue weighted by Crippen LogP contribution is -2.33. The first kappa shape index (κ1) is 26.9. The molecule has 1 saturated carbocycles. The summed E-state index contributed by atoms with van der Waals surface area (Å²) in [6.07, 6.45) is 5.05. The number of aliphatic hydroxyl groups excluding tert-OH is 1. The van der Waals surface area contributed by atoms with Crippen LogP contribution in [0.25, 0.3) is 11.3 Å². The number of nitrogens with zero attached hydrogens (tertiary/aromatic N) is 7. The zero-order chi connectivity index (χ0) is 28.6. The molecule has 1 aliphatic carbocycles. The zero-order valence-electron chi connectivity index (χ0n) is 22.3. The maximum Gasteiger partial charge on any atom is 0.309 e. The molecule has 0 spiro atoms. The van der Waals surface area contributed by atoms with E-state index in [-0.39, 0.29) is 37.3 Å². The number of fused-ring (bicyclic) bond motifs is 1. The molecule has 12 nitrogen and oxygen atoms in total. The van der Waals surface area contributed by atoms with Crippen LogP contribution in [0.5, 0.6) is 0 Å². The number of aromatic nitrogens is 6. The predicted octanol–water partition coefficient (Wildman–Crippen LogP) is 3.19. The summed E-state index contributed by atoms with van der Waals surface area (Å²) in [6.45, 7) is 1.69. The van der Waals surface area contributed by atoms with E-state index >= 15 is 0 Å². The molecule has 3 N–H and O–H groups in total. The number of hydrogen-bond acceptors (Lipinski definition) is 10. The second-order valence-electron chi connectivity index (χ2n) is 10.4. The number of β-amino-alcohol motifs (C(OH)–C–C–N with tert-alkyl or cyclic N) is 1. The number of hydrogen-bond donors (Lipinski definition) is 3. The van der Waals surface area contributed by atoms with E-state index in [9.17, 15) is 18.7 Å². The van der Waals surface area contributed by atoms with E-state index in [2.05, 4.69) is 40.8 Å². The number of alkyl halides is 2. The third-order valence-corrected chi connectivity index (χ3v) is 7.35. The monoisotopic (exact) mass is 565 g/mol. The maximum absolute atomic E-state index is 13.3. The Bertz CT molecular complexity index is 1550. The van der Waals surface area contributed by atoms with Crippen LogP contribution in [0.4, 0.5) is 20.4 Å². The van der Waals surface area contributed by atoms with Crippen molar-refractivity contribution >= 4 is 17.5 Å². The van der Waals surface area contributed by atoms with Crippen molar-refractivity contribution in [3.05, 3.63) is 65.8 Å². The Morgan fingerprint density at radius 1 is 1.24 bits per heavy atom. The Kier molecular flexibility index (Phi) is 7.17. The van der Waals surface area contributed by atoms with Crippen LogP contribution in [-0.2, 0) is 13.6 Å². The van der Waals surface area contributed by atoms with Crippen LogP contribution in [0, 0.1) is 0 Å². The van der Waals surface area contributed by atoms with Crippen LogP contribution in [0.2, 0.25) is 0 Å². The first-order valence-corrected chi connectivity index (χ1v) is 13.3. The Balaban J connectivity index is 1.23. The lowest BCUT2D eigenvalue weighted by atomic mass is 9.81. The van der Waals surface area contributed by atoms with Crippen molar-refractivity contribution in [1.29, 1.82) is 0 Å². The molecule has 0 unspecified atom stereocenters. The largest absolute Gasteiger partial charge is 0.417 e. The molecule has 4 heterocycles. The minimum absolute atomic E-state index is 0.00626. The number of carbonyl (C=O) groups excluding carboxylic acids is 1. The molecular formula is C27H29F2N9O3. The highest BCUT2D eigenvalue weighted by molar-refractivity contribution is 5.89. The van der Waals surface area contributed by atoms with Gasteiger partial charge >= 0.3 is 11.8 Å². The van der Waals surface area contributed by atoms with E-state index in [1.807, 2.05) is 37.5 Å². The Labute approximate surface area is 233 Å². The summed E-state index contributed by atoms with van der Waals surface area (Å²) < 4.78 is 33.7. The van der Waals surface area contributed by atoms with Gasteiger partial charge in [-0.2, -0.15) is 5.10 Å². The van der Waals surface area contributed by atoms with Gasteiger partial charge in [0, 0.05) is 63.4 Å². The Hall–Kier alpha value is -4.30. The molecule has 1 aromatic carbocycles. The fourth-order valence-electron chi connectivity index (χ4n) is 5.25. The van der Waals surface area contributed by atoms with Crippen molar-refractivity contribution in [2.45, 2.75) is 43.7 Å². The number of rotatable bonds is 8. The smallest absolute Gasteiger partial charge is 0.309 e. The number of benzene rings is 1. The topological polar surface area (TPSA) is 147 Å². The third kappa shape index (κ3) is 5.93. The van der Waals surface area contributed by atoms with Crippen molar-refractivity contribution in [1.82, 2.24) is 40.2 Å². The summed E-state index contributed by atoms with van der Waals surface area (Å²) in [7, 11) is 1.83. The first-order valence-electron chi connectivity index (χ1n) is 13.3. The van der Waals surface area contributed by atoms with Gasteiger partial charge in [-0.1, -0.05) is 12.1 Å². The van der Waals surface area contributed by atoms with Gasteiger partial charge in [0.25, 0.3) is 0 Å². The van der Waals surface area contributed by atoms with Crippen molar-refractivity contribution in [2.75, 3.05) is 25.0 Å². The van der Waals surface area contributed by atoms with Crippen molar-refractivity contribution < 1.29 is 23.1 Å². The minimum Gasteiger partial charge on any atom is -0.417 e. The van der Waals surface area contributed by atoms with Crippen LogP contribution in [0.3, 0.4) is 0 Å². The van der Waals surface area contributed by atoms with E-state index in [1.165, 1.54) is 0 Å². The van der Waals surface area contributed by atoms with Crippen LogP contribution in [0.15, 0.2) is 47.3 Å². The van der Waals surface area contributed by atoms with Crippen molar-refractivity contribution in [2.24, 2.45) is 7.05 Å². The summed E-state index contributed by atoms with van der Waals surface area (Å²) in [5, 5.41) is 27.5. The van der Waals surface area contributed by atoms with Crippen LogP contribution >= 0.6 is 0 Å². The number of aliphatic hydroxyl groups is 1. The van der Waals surface area contributed by atoms with Gasteiger partial charge in [-0.05, 0) is 29.7 Å². The number of aryl methyl sites for hydroxylation is 1. The molecule has 0 saturated heterocycles. The quantitative estimate of drug-likeness (QED) is 0.291. The molecular weight excluding hydrogens is 536 g/mol. The molecule has 6 rings (SSSR count). The molecule has 1 aliphatic heterocycles. The van der Waals surface area contributed by atoms with E-state index in [0.717, 1.165) is 22.4 Å². The van der Waals surface area contributed by atoms with Gasteiger partial charge in [0.2, 0.25) is 17.8 Å². The number of anilines is 2. The van der Waals surface area contributed by atoms with Gasteiger partial charge in [-0.3, -0.25) is 14.4 Å². The molecule has 3 aromatic heterocycles. The van der Waals surface area contributed by atoms with Gasteiger partial charge in [0.15, 0.2) is 0 Å². The second-order valence-corrected chi connectivity index (χ2v) is 10.4. The van der Waals surface area contributed by atoms with E-state index < -0.39 is 17.7 Å². The SMILES string of the molecule is Cn1cc(Nc2nccc(-c3ccc4c(c3)CN(CCO)CC[C@@H]4NC(=O)c3nnc(C4CC(F)(F)C4)o3)n2)cn1. The Morgan fingerprint density at radius 2 is 2.10 bits per heavy atom. The van der Waals surface area contributed by atoms with E-state index in [0.29, 0.717) is 37.7 Å². The standard InChI is InChI=1S/C27H29F2N9O3/c1-37-15-19(13-31-37)32-26-30-6-4-21(34-26)16-2-3-20-17(10-16)14-38(8-9-39)7-5-22(20)33-23(40)25-36-35-24(41-25)18-11-27(28,29)12-18/h2-4,6,10,13,15,18,22,39H,5,7-9,11-12,14H2,1H3,(H,33,40)(H,30,32,34)/t22-/m0/s1. The number of carbonyl (C=O) groups is 1. The summed E-state index contributed by atoms with van der Waals surface area (Å²) in [5.74, 6) is -3.59. The summed E-state index contributed by atoms with van der Waals surface area (Å²) in [6, 6.07) is 7.39. The first-order chi connectivity index (χ1) is 19.8. The highest BCUT2D eigenvalue weighted by Gasteiger charge is 2.48. The average molecular weight is 566 g/mol. The van der Waals surface area contributed by atoms with Gasteiger partial charge in [0.1, 0.15) is 0 Å². The summed E-state index contributed by atoms with van der Waals surface area (Å²) in [5.41, 5.74) is 4.25. The molecule has 0 radical (unpaired) electrons. The fourth-order valence-corrected chi connectivity index (χ4v) is 5.25. The lowest BCUT2D eigenvalue weighted by Gasteiger charge is -2.32. The van der Waals surface area contributed by atoms with E-state index in [4.69, 9.17) is 4.42 Å². The number of nitrogens with one attached hydrogen (secondary N) is 2. The lowest BCUT2D eigenvalue weighted by molar-refractivity contribution is -0.0918. The molecule has 2 aliphatic rings. The third-order valence-electron chi connectivity index (χ3n) is 7.35. The summed E-state index contributed by atoms with van der Waals surface area (Å²) >= 11 is 0. The molecule has 1 fully saturated rings. The molecule has 1 atom stereocenters. The van der Waals surface area contributed by atoms with Crippen LogP contribution in [0.1, 0.15) is 58.9 Å². The van der Waals surface area contributed by atoms with Gasteiger partial charge in [-0.15, -0.1) is 10.2 Å². The predicted molar refractivity (Wildman–Crippen MR) is 142 cm³/mol. The minimum atomic E-state index is -2.73. The number of halogens is 2. The molecule has 214 valence electrons. The van der Waals surface area contributed by atoms with Crippen LogP contribution < -0.4 is 10.6 Å². The van der Waals surface area contributed by atoms with E-state index in [1.54, 1.807) is 17.1 Å². The normalized spacial score (nSPS) is 18.8. The fraction of sp³-hybridized carbons (Fsp3) is 0.407. The molecule has 1 amide bonds. The van der Waals surface area contributed by atoms with Crippen molar-refractivity contribution in [3.63, 3.8) is 0 Å². The average Bonchev–Trinajstić information content (AvgIpc) is 3.55. The maximum atomic E-state index is 13.3. The number of amides is 1. The summed E-state index contributed by atoms with van der Waals surface area (Å²) in [4.78, 5) is 24.1. The molecule has 41 heavy (non-hydrogen) atoms. The van der Waals surface area contributed by atoms with Gasteiger partial charge < -0.3 is 20.2 Å². The highest BCUT2D eigenvalue weighted by atomic mass is 19.3. The molecule has 0 bridgehead atoms. The van der Waals surface area contributed by atoms with Gasteiger partial charge in [0.05, 0.1) is 30.2 Å². The highest BCUT2D eigenvalue weighted by Crippen LogP contribution is 2.47. The van der Waals surface area contributed by atoms with Crippen LogP contribution in [-0.4, -0.2) is 71.5 Å². The second kappa shape index (κ2) is 10.9.